The van der Waals surface area contributed by atoms with Gasteiger partial charge in [-0.3, -0.25) is 4.72 Å². The molecular weight excluding hydrogens is 435 g/mol. The molecule has 2 aromatic heterocycles. The number of rotatable bonds is 5. The Hall–Kier alpha value is -3.11. The van der Waals surface area contributed by atoms with Gasteiger partial charge >= 0.3 is 6.18 Å². The quantitative estimate of drug-likeness (QED) is 0.443. The lowest BCUT2D eigenvalue weighted by molar-refractivity contribution is -0.137. The summed E-state index contributed by atoms with van der Waals surface area (Å²) in [4.78, 5) is 0.486. The van der Waals surface area contributed by atoms with Crippen LogP contribution in [0, 0.1) is 0 Å². The fourth-order valence-electron chi connectivity index (χ4n) is 2.82. The lowest BCUT2D eigenvalue weighted by Gasteiger charge is -2.11. The monoisotopic (exact) mass is 449 g/mol. The summed E-state index contributed by atoms with van der Waals surface area (Å²) in [7, 11) is -4.21. The SMILES string of the molecule is O=S(=O)(Nc1cccc(C(F)(F)F)c1)c1cn(-c2ccccc2)nc1-c1cccs1. The molecule has 0 amide bonds. The first kappa shape index (κ1) is 20.2. The van der Waals surface area contributed by atoms with Crippen LogP contribution in [0.15, 0.2) is 83.2 Å². The van der Waals surface area contributed by atoms with Crippen LogP contribution < -0.4 is 4.72 Å². The molecule has 30 heavy (non-hydrogen) atoms. The van der Waals surface area contributed by atoms with Crippen LogP contribution in [0.25, 0.3) is 16.3 Å². The number of sulfonamides is 1. The Bertz CT molecular complexity index is 1270. The Labute approximate surface area is 174 Å². The van der Waals surface area contributed by atoms with E-state index in [1.54, 1.807) is 41.8 Å². The average Bonchev–Trinajstić information content (AvgIpc) is 3.38. The molecule has 0 unspecified atom stereocenters. The molecule has 0 spiro atoms. The average molecular weight is 449 g/mol. The van der Waals surface area contributed by atoms with Crippen molar-refractivity contribution in [2.75, 3.05) is 4.72 Å². The molecule has 1 N–H and O–H groups in total. The number of alkyl halides is 3. The second-order valence-electron chi connectivity index (χ2n) is 6.28. The Morgan fingerprint density at radius 1 is 0.967 bits per heavy atom. The Balaban J connectivity index is 1.78. The van der Waals surface area contributed by atoms with Gasteiger partial charge in [-0.25, -0.2) is 13.1 Å². The summed E-state index contributed by atoms with van der Waals surface area (Å²) >= 11 is 1.31. The molecule has 0 aliphatic heterocycles. The van der Waals surface area contributed by atoms with Crippen molar-refractivity contribution < 1.29 is 21.6 Å². The van der Waals surface area contributed by atoms with Crippen molar-refractivity contribution in [2.45, 2.75) is 11.1 Å². The molecule has 0 radical (unpaired) electrons. The number of halogens is 3. The molecule has 5 nitrogen and oxygen atoms in total. The van der Waals surface area contributed by atoms with Crippen LogP contribution in [0.3, 0.4) is 0 Å². The van der Waals surface area contributed by atoms with Gasteiger partial charge in [0.15, 0.2) is 0 Å². The third-order valence-electron chi connectivity index (χ3n) is 4.19. The number of anilines is 1. The second-order valence-corrected chi connectivity index (χ2v) is 8.88. The minimum atomic E-state index is -4.58. The third-order valence-corrected chi connectivity index (χ3v) is 6.45. The van der Waals surface area contributed by atoms with Crippen molar-refractivity contribution in [3.63, 3.8) is 0 Å². The predicted molar refractivity (Wildman–Crippen MR) is 109 cm³/mol. The van der Waals surface area contributed by atoms with Crippen LogP contribution in [0.4, 0.5) is 18.9 Å². The van der Waals surface area contributed by atoms with Crippen LogP contribution in [-0.4, -0.2) is 18.2 Å². The summed E-state index contributed by atoms with van der Waals surface area (Å²) in [6, 6.07) is 16.5. The van der Waals surface area contributed by atoms with E-state index in [2.05, 4.69) is 9.82 Å². The molecule has 0 aliphatic rings. The second kappa shape index (κ2) is 7.62. The van der Waals surface area contributed by atoms with Gasteiger partial charge in [0.2, 0.25) is 0 Å². The molecule has 0 atom stereocenters. The first-order valence-corrected chi connectivity index (χ1v) is 11.0. The molecule has 0 aliphatic carbocycles. The smallest absolute Gasteiger partial charge is 0.280 e. The summed E-state index contributed by atoms with van der Waals surface area (Å²) in [5.41, 5.74) is -0.264. The molecule has 4 rings (SSSR count). The van der Waals surface area contributed by atoms with Gasteiger partial charge in [0, 0.05) is 5.69 Å². The summed E-state index contributed by atoms with van der Waals surface area (Å²) in [6.07, 6.45) is -3.23. The fraction of sp³-hybridized carbons (Fsp3) is 0.0500. The Morgan fingerprint density at radius 3 is 2.40 bits per heavy atom. The van der Waals surface area contributed by atoms with Crippen molar-refractivity contribution in [2.24, 2.45) is 0 Å². The molecule has 0 saturated heterocycles. The van der Waals surface area contributed by atoms with Gasteiger partial charge in [-0.2, -0.15) is 18.3 Å². The largest absolute Gasteiger partial charge is 0.416 e. The van der Waals surface area contributed by atoms with Crippen molar-refractivity contribution in [3.05, 3.63) is 83.9 Å². The number of hydrogen-bond donors (Lipinski definition) is 1. The van der Waals surface area contributed by atoms with Crippen LogP contribution in [0.5, 0.6) is 0 Å². The molecule has 2 heterocycles. The summed E-state index contributed by atoms with van der Waals surface area (Å²) in [5.74, 6) is 0. The summed E-state index contributed by atoms with van der Waals surface area (Å²) < 4.78 is 68.8. The summed E-state index contributed by atoms with van der Waals surface area (Å²) in [6.45, 7) is 0. The normalized spacial score (nSPS) is 12.1. The first-order valence-electron chi connectivity index (χ1n) is 8.63. The van der Waals surface area contributed by atoms with Gasteiger partial charge in [0.1, 0.15) is 10.6 Å². The van der Waals surface area contributed by atoms with E-state index in [0.29, 0.717) is 10.6 Å². The molecule has 0 saturated carbocycles. The van der Waals surface area contributed by atoms with Crippen LogP contribution in [0.1, 0.15) is 5.56 Å². The van der Waals surface area contributed by atoms with Crippen molar-refractivity contribution in [3.8, 4) is 16.3 Å². The zero-order valence-corrected chi connectivity index (χ0v) is 16.8. The first-order chi connectivity index (χ1) is 14.2. The maximum absolute atomic E-state index is 13.1. The van der Waals surface area contributed by atoms with Crippen molar-refractivity contribution >= 4 is 27.0 Å². The van der Waals surface area contributed by atoms with Crippen LogP contribution in [-0.2, 0) is 16.2 Å². The van der Waals surface area contributed by atoms with Gasteiger partial charge < -0.3 is 0 Å². The molecule has 10 heteroatoms. The van der Waals surface area contributed by atoms with E-state index < -0.39 is 21.8 Å². The zero-order chi connectivity index (χ0) is 21.4. The predicted octanol–water partition coefficient (Wildman–Crippen LogP) is 5.42. The van der Waals surface area contributed by atoms with Gasteiger partial charge in [-0.05, 0) is 41.8 Å². The fourth-order valence-corrected chi connectivity index (χ4v) is 4.80. The van der Waals surface area contributed by atoms with E-state index in [4.69, 9.17) is 0 Å². The lowest BCUT2D eigenvalue weighted by atomic mass is 10.2. The standard InChI is InChI=1S/C20H14F3N3O2S2/c21-20(22,23)14-6-4-7-15(12-14)25-30(27,28)18-13-26(16-8-2-1-3-9-16)24-19(18)17-10-5-11-29-17/h1-13,25H. The van der Waals surface area contributed by atoms with E-state index in [9.17, 15) is 21.6 Å². The van der Waals surface area contributed by atoms with Gasteiger partial charge in [0.05, 0.1) is 22.3 Å². The number of nitrogens with one attached hydrogen (secondary N) is 1. The Kier molecular flexibility index (Phi) is 5.12. The highest BCUT2D eigenvalue weighted by molar-refractivity contribution is 7.92. The zero-order valence-electron chi connectivity index (χ0n) is 15.2. The van der Waals surface area contributed by atoms with Gasteiger partial charge in [0.25, 0.3) is 10.0 Å². The molecule has 4 aromatic rings. The van der Waals surface area contributed by atoms with E-state index >= 15 is 0 Å². The molecule has 154 valence electrons. The number of benzene rings is 2. The number of nitrogens with zero attached hydrogens (tertiary/aromatic N) is 2. The highest BCUT2D eigenvalue weighted by Gasteiger charge is 2.31. The van der Waals surface area contributed by atoms with E-state index in [-0.39, 0.29) is 16.3 Å². The number of thiophene rings is 1. The molecular formula is C20H14F3N3O2S2. The third kappa shape index (κ3) is 4.10. The maximum atomic E-state index is 13.1. The minimum absolute atomic E-state index is 0.133. The highest BCUT2D eigenvalue weighted by Crippen LogP contribution is 2.34. The van der Waals surface area contributed by atoms with Crippen LogP contribution in [0.2, 0.25) is 0 Å². The van der Waals surface area contributed by atoms with E-state index in [1.165, 1.54) is 28.3 Å². The molecule has 2 aromatic carbocycles. The van der Waals surface area contributed by atoms with Crippen molar-refractivity contribution in [1.82, 2.24) is 9.78 Å². The number of aromatic nitrogens is 2. The number of para-hydroxylation sites is 1. The van der Waals surface area contributed by atoms with Crippen LogP contribution >= 0.6 is 11.3 Å². The van der Waals surface area contributed by atoms with E-state index in [0.717, 1.165) is 18.2 Å². The topological polar surface area (TPSA) is 64.0 Å². The number of hydrogen-bond acceptors (Lipinski definition) is 4. The Morgan fingerprint density at radius 2 is 1.73 bits per heavy atom. The molecule has 0 bridgehead atoms. The minimum Gasteiger partial charge on any atom is -0.280 e. The maximum Gasteiger partial charge on any atom is 0.416 e. The van der Waals surface area contributed by atoms with Gasteiger partial charge in [-0.1, -0.05) is 30.3 Å². The molecule has 0 fully saturated rings. The van der Waals surface area contributed by atoms with Gasteiger partial charge in [-0.15, -0.1) is 11.3 Å². The van der Waals surface area contributed by atoms with Crippen molar-refractivity contribution in [1.29, 1.82) is 0 Å². The van der Waals surface area contributed by atoms with E-state index in [1.807, 2.05) is 6.07 Å². The summed E-state index contributed by atoms with van der Waals surface area (Å²) in [5, 5.41) is 6.20. The highest BCUT2D eigenvalue weighted by atomic mass is 32.2. The lowest BCUT2D eigenvalue weighted by Crippen LogP contribution is -2.14.